The molecule has 3 aromatic rings. The molecule has 0 radical (unpaired) electrons. The Hall–Kier alpha value is -3.79. The number of amides is 2. The molecule has 2 heterocycles. The summed E-state index contributed by atoms with van der Waals surface area (Å²) in [6.07, 6.45) is 5.51. The van der Waals surface area contributed by atoms with Crippen molar-refractivity contribution in [3.8, 4) is 5.75 Å². The molecule has 2 aromatic carbocycles. The monoisotopic (exact) mass is 602 g/mol. The number of aromatic nitrogens is 1. The molecule has 0 spiro atoms. The number of carbonyl (C=O) groups is 2. The number of carbonyl (C=O) groups excluding carboxylic acids is 2. The normalized spacial score (nSPS) is 20.7. The minimum absolute atomic E-state index is 0.0213. The van der Waals surface area contributed by atoms with Crippen molar-refractivity contribution in [2.45, 2.75) is 64.8 Å². The summed E-state index contributed by atoms with van der Waals surface area (Å²) in [5.74, 6) is -0.135. The molecule has 1 aliphatic rings. The average molecular weight is 603 g/mol. The minimum atomic E-state index is -0.444. The molecule has 0 saturated carbocycles. The first-order chi connectivity index (χ1) is 21.2. The Morgan fingerprint density at radius 1 is 1.11 bits per heavy atom. The van der Waals surface area contributed by atoms with Crippen LogP contribution >= 0.6 is 0 Å². The Labute approximate surface area is 261 Å². The molecule has 0 fully saturated rings. The van der Waals surface area contributed by atoms with Crippen LogP contribution in [-0.2, 0) is 11.3 Å². The summed E-state index contributed by atoms with van der Waals surface area (Å²) in [6.45, 7) is 8.24. The Morgan fingerprint density at radius 3 is 2.59 bits per heavy atom. The highest BCUT2D eigenvalue weighted by Gasteiger charge is 2.30. The van der Waals surface area contributed by atoms with Crippen molar-refractivity contribution in [3.05, 3.63) is 89.7 Å². The van der Waals surface area contributed by atoms with Gasteiger partial charge in [0.25, 0.3) is 11.8 Å². The van der Waals surface area contributed by atoms with E-state index in [2.05, 4.69) is 41.3 Å². The standard InChI is InChI=1S/C35H46N4O5/c1-25-21-39(26(2)24-40)35(42)31-20-30(37-34(41)29-15-17-36-18-16-29)13-14-32(31)44-27(3)10-8-9-19-43-33(25)23-38(4)22-28-11-6-5-7-12-28/h5-7,11-18,20,25-27,33,40H,8-10,19,21-24H2,1-4H3,(H,37,41)/t25-,26-,27-,33-/m1/s1. The van der Waals surface area contributed by atoms with Gasteiger partial charge < -0.3 is 24.8 Å². The molecular formula is C35H46N4O5. The van der Waals surface area contributed by atoms with Crippen LogP contribution in [0.5, 0.6) is 5.75 Å². The Bertz CT molecular complexity index is 1340. The lowest BCUT2D eigenvalue weighted by atomic mass is 10.0. The van der Waals surface area contributed by atoms with E-state index in [0.29, 0.717) is 42.3 Å². The Morgan fingerprint density at radius 2 is 1.86 bits per heavy atom. The Kier molecular flexibility index (Phi) is 12.3. The van der Waals surface area contributed by atoms with E-state index in [-0.39, 0.29) is 36.5 Å². The van der Waals surface area contributed by atoms with Gasteiger partial charge in [0, 0.05) is 55.8 Å². The molecule has 0 aliphatic carbocycles. The molecular weight excluding hydrogens is 556 g/mol. The van der Waals surface area contributed by atoms with E-state index in [0.717, 1.165) is 25.8 Å². The van der Waals surface area contributed by atoms with E-state index in [9.17, 15) is 14.7 Å². The number of hydrogen-bond acceptors (Lipinski definition) is 7. The number of ether oxygens (including phenoxy) is 2. The lowest BCUT2D eigenvalue weighted by Gasteiger charge is -2.36. The number of rotatable bonds is 8. The summed E-state index contributed by atoms with van der Waals surface area (Å²) in [6, 6.07) is 18.3. The first-order valence-electron chi connectivity index (χ1n) is 15.5. The fraction of sp³-hybridized carbons (Fsp3) is 0.457. The lowest BCUT2D eigenvalue weighted by Crippen LogP contribution is -2.47. The topological polar surface area (TPSA) is 104 Å². The summed E-state index contributed by atoms with van der Waals surface area (Å²) in [5, 5.41) is 13.1. The highest BCUT2D eigenvalue weighted by atomic mass is 16.5. The summed E-state index contributed by atoms with van der Waals surface area (Å²) < 4.78 is 12.8. The van der Waals surface area contributed by atoms with Crippen molar-refractivity contribution < 1.29 is 24.2 Å². The maximum atomic E-state index is 14.3. The smallest absolute Gasteiger partial charge is 0.258 e. The van der Waals surface area contributed by atoms with E-state index < -0.39 is 6.04 Å². The van der Waals surface area contributed by atoms with Crippen molar-refractivity contribution in [1.82, 2.24) is 14.8 Å². The maximum absolute atomic E-state index is 14.3. The van der Waals surface area contributed by atoms with Crippen LogP contribution in [-0.4, -0.2) is 83.3 Å². The third kappa shape index (κ3) is 9.35. The SMILES string of the molecule is C[C@@H]1CCCCO[C@H](CN(C)Cc2ccccc2)[C@H](C)CN([C@H](C)CO)C(=O)c2cc(NC(=O)c3ccncc3)ccc2O1. The first-order valence-corrected chi connectivity index (χ1v) is 15.5. The van der Waals surface area contributed by atoms with Crippen molar-refractivity contribution in [2.24, 2.45) is 5.92 Å². The van der Waals surface area contributed by atoms with Crippen LogP contribution in [0.15, 0.2) is 73.1 Å². The molecule has 2 amide bonds. The molecule has 2 N–H and O–H groups in total. The van der Waals surface area contributed by atoms with Gasteiger partial charge in [0.05, 0.1) is 30.4 Å². The predicted octanol–water partition coefficient (Wildman–Crippen LogP) is 5.26. The number of fused-ring (bicyclic) bond motifs is 1. The third-order valence-electron chi connectivity index (χ3n) is 8.04. The number of likely N-dealkylation sites (N-methyl/N-ethyl adjacent to an activating group) is 1. The van der Waals surface area contributed by atoms with Crippen LogP contribution in [0.2, 0.25) is 0 Å². The largest absolute Gasteiger partial charge is 0.490 e. The highest BCUT2D eigenvalue weighted by molar-refractivity contribution is 6.05. The second-order valence-corrected chi connectivity index (χ2v) is 11.9. The fourth-order valence-corrected chi connectivity index (χ4v) is 5.44. The van der Waals surface area contributed by atoms with Gasteiger partial charge in [-0.25, -0.2) is 0 Å². The number of nitrogens with zero attached hydrogens (tertiary/aromatic N) is 3. The van der Waals surface area contributed by atoms with E-state index in [4.69, 9.17) is 9.47 Å². The second-order valence-electron chi connectivity index (χ2n) is 11.9. The number of anilines is 1. The molecule has 236 valence electrons. The molecule has 1 aromatic heterocycles. The molecule has 9 nitrogen and oxygen atoms in total. The van der Waals surface area contributed by atoms with Crippen LogP contribution < -0.4 is 10.1 Å². The summed E-state index contributed by atoms with van der Waals surface area (Å²) >= 11 is 0. The molecule has 9 heteroatoms. The summed E-state index contributed by atoms with van der Waals surface area (Å²) in [5.41, 5.74) is 2.51. The first kappa shape index (κ1) is 33.1. The minimum Gasteiger partial charge on any atom is -0.490 e. The third-order valence-corrected chi connectivity index (χ3v) is 8.04. The molecule has 4 rings (SSSR count). The molecule has 4 atom stereocenters. The number of aliphatic hydroxyl groups excluding tert-OH is 1. The van der Waals surface area contributed by atoms with Crippen LogP contribution in [0.4, 0.5) is 5.69 Å². The number of benzene rings is 2. The fourth-order valence-electron chi connectivity index (χ4n) is 5.44. The van der Waals surface area contributed by atoms with Crippen molar-refractivity contribution in [3.63, 3.8) is 0 Å². The zero-order valence-electron chi connectivity index (χ0n) is 26.3. The van der Waals surface area contributed by atoms with Gasteiger partial charge >= 0.3 is 0 Å². The quantitative estimate of drug-likeness (QED) is 0.363. The van der Waals surface area contributed by atoms with E-state index in [1.165, 1.54) is 5.56 Å². The van der Waals surface area contributed by atoms with Crippen molar-refractivity contribution in [2.75, 3.05) is 38.7 Å². The van der Waals surface area contributed by atoms with Crippen LogP contribution in [0.25, 0.3) is 0 Å². The van der Waals surface area contributed by atoms with Gasteiger partial charge in [-0.1, -0.05) is 37.3 Å². The Balaban J connectivity index is 1.61. The van der Waals surface area contributed by atoms with Gasteiger partial charge in [0.15, 0.2) is 0 Å². The highest BCUT2D eigenvalue weighted by Crippen LogP contribution is 2.29. The number of hydrogen-bond donors (Lipinski definition) is 2. The average Bonchev–Trinajstić information content (AvgIpc) is 3.03. The zero-order valence-corrected chi connectivity index (χ0v) is 26.3. The van der Waals surface area contributed by atoms with Gasteiger partial charge in [-0.2, -0.15) is 0 Å². The molecule has 44 heavy (non-hydrogen) atoms. The summed E-state index contributed by atoms with van der Waals surface area (Å²) in [7, 11) is 2.09. The molecule has 0 bridgehead atoms. The van der Waals surface area contributed by atoms with Gasteiger partial charge in [0.2, 0.25) is 0 Å². The zero-order chi connectivity index (χ0) is 31.5. The van der Waals surface area contributed by atoms with E-state index >= 15 is 0 Å². The molecule has 0 unspecified atom stereocenters. The molecule has 1 aliphatic heterocycles. The molecule has 0 saturated heterocycles. The number of aliphatic hydroxyl groups is 1. The van der Waals surface area contributed by atoms with Crippen LogP contribution in [0, 0.1) is 5.92 Å². The van der Waals surface area contributed by atoms with Gasteiger partial charge in [-0.3, -0.25) is 19.5 Å². The van der Waals surface area contributed by atoms with Crippen LogP contribution in [0.1, 0.15) is 66.3 Å². The van der Waals surface area contributed by atoms with Gasteiger partial charge in [-0.15, -0.1) is 0 Å². The number of pyridine rings is 1. The predicted molar refractivity (Wildman–Crippen MR) is 172 cm³/mol. The van der Waals surface area contributed by atoms with Gasteiger partial charge in [0.1, 0.15) is 5.75 Å². The van der Waals surface area contributed by atoms with E-state index in [1.54, 1.807) is 47.6 Å². The maximum Gasteiger partial charge on any atom is 0.258 e. The number of nitrogens with one attached hydrogen (secondary N) is 1. The second kappa shape index (κ2) is 16.3. The summed E-state index contributed by atoms with van der Waals surface area (Å²) in [4.78, 5) is 35.1. The van der Waals surface area contributed by atoms with Crippen LogP contribution in [0.3, 0.4) is 0 Å². The van der Waals surface area contributed by atoms with Gasteiger partial charge in [-0.05, 0) is 76.1 Å². The van der Waals surface area contributed by atoms with E-state index in [1.807, 2.05) is 32.0 Å². The van der Waals surface area contributed by atoms with Crippen molar-refractivity contribution >= 4 is 17.5 Å². The van der Waals surface area contributed by atoms with Crippen molar-refractivity contribution in [1.29, 1.82) is 0 Å². The lowest BCUT2D eigenvalue weighted by molar-refractivity contribution is -0.0177.